The maximum Gasteiger partial charge on any atom is 0.292 e. The largest absolute Gasteiger partial charge is 0.393 e. The molecule has 0 aliphatic carbocycles. The van der Waals surface area contributed by atoms with E-state index in [0.717, 1.165) is 12.2 Å². The van der Waals surface area contributed by atoms with Gasteiger partial charge in [-0.2, -0.15) is 0 Å². The number of nitrogens with zero attached hydrogens (tertiary/aromatic N) is 2. The van der Waals surface area contributed by atoms with E-state index in [2.05, 4.69) is 24.3 Å². The molecule has 0 amide bonds. The first-order valence-electron chi connectivity index (χ1n) is 6.28. The van der Waals surface area contributed by atoms with Gasteiger partial charge >= 0.3 is 0 Å². The Morgan fingerprint density at radius 1 is 1.20 bits per heavy atom. The molecule has 2 aromatic rings. The predicted octanol–water partition coefficient (Wildman–Crippen LogP) is 3.12. The summed E-state index contributed by atoms with van der Waals surface area (Å²) in [5, 5.41) is 10.7. The first kappa shape index (κ1) is 13.9. The van der Waals surface area contributed by atoms with Crippen molar-refractivity contribution in [2.45, 2.75) is 13.5 Å². The number of nitrogen functional groups attached to an aromatic ring is 1. The molecule has 0 radical (unpaired) electrons. The van der Waals surface area contributed by atoms with E-state index in [9.17, 15) is 10.1 Å². The Morgan fingerprint density at radius 3 is 2.40 bits per heavy atom. The lowest BCUT2D eigenvalue weighted by molar-refractivity contribution is -0.383. The molecule has 0 aromatic heterocycles. The van der Waals surface area contributed by atoms with Crippen LogP contribution in [-0.4, -0.2) is 12.0 Å². The third-order valence-corrected chi connectivity index (χ3v) is 3.19. The molecule has 0 bridgehead atoms. The number of rotatable bonds is 4. The summed E-state index contributed by atoms with van der Waals surface area (Å²) >= 11 is 0. The van der Waals surface area contributed by atoms with E-state index in [0.29, 0.717) is 0 Å². The predicted molar refractivity (Wildman–Crippen MR) is 80.8 cm³/mol. The molecule has 2 aromatic carbocycles. The van der Waals surface area contributed by atoms with Crippen molar-refractivity contribution in [1.29, 1.82) is 0 Å². The normalized spacial score (nSPS) is 10.3. The standard InChI is InChI=1S/C15H17N3O2/c1-11-3-5-12(6-4-11)10-17(2)13-7-8-15(18(19)20)14(16)9-13/h3-9H,10,16H2,1-2H3. The van der Waals surface area contributed by atoms with Gasteiger partial charge < -0.3 is 10.6 Å². The molecule has 5 heteroatoms. The summed E-state index contributed by atoms with van der Waals surface area (Å²) in [6.45, 7) is 2.77. The summed E-state index contributed by atoms with van der Waals surface area (Å²) in [6, 6.07) is 13.0. The van der Waals surface area contributed by atoms with Crippen LogP contribution in [0.5, 0.6) is 0 Å². The second-order valence-corrected chi connectivity index (χ2v) is 4.84. The third-order valence-electron chi connectivity index (χ3n) is 3.19. The van der Waals surface area contributed by atoms with Gasteiger partial charge in [0, 0.05) is 25.3 Å². The first-order chi connectivity index (χ1) is 9.47. The second-order valence-electron chi connectivity index (χ2n) is 4.84. The average Bonchev–Trinajstić information content (AvgIpc) is 2.40. The van der Waals surface area contributed by atoms with E-state index in [4.69, 9.17) is 5.73 Å². The van der Waals surface area contributed by atoms with E-state index in [-0.39, 0.29) is 11.4 Å². The van der Waals surface area contributed by atoms with Crippen molar-refractivity contribution in [2.24, 2.45) is 0 Å². The topological polar surface area (TPSA) is 72.4 Å². The zero-order chi connectivity index (χ0) is 14.7. The Balaban J connectivity index is 2.17. The number of nitrogens with two attached hydrogens (primary N) is 1. The van der Waals surface area contributed by atoms with Crippen molar-refractivity contribution < 1.29 is 4.92 Å². The highest BCUT2D eigenvalue weighted by Gasteiger charge is 2.12. The van der Waals surface area contributed by atoms with Gasteiger partial charge in [0.1, 0.15) is 5.69 Å². The minimum atomic E-state index is -0.473. The van der Waals surface area contributed by atoms with Gasteiger partial charge in [0.2, 0.25) is 0 Å². The van der Waals surface area contributed by atoms with Crippen molar-refractivity contribution in [2.75, 3.05) is 17.7 Å². The van der Waals surface area contributed by atoms with Crippen LogP contribution in [-0.2, 0) is 6.54 Å². The SMILES string of the molecule is Cc1ccc(CN(C)c2ccc([N+](=O)[O-])c(N)c2)cc1. The van der Waals surface area contributed by atoms with Crippen LogP contribution in [0.1, 0.15) is 11.1 Å². The molecule has 0 spiro atoms. The van der Waals surface area contributed by atoms with Gasteiger partial charge in [0.15, 0.2) is 0 Å². The van der Waals surface area contributed by atoms with Gasteiger partial charge in [-0.05, 0) is 24.6 Å². The highest BCUT2D eigenvalue weighted by Crippen LogP contribution is 2.27. The van der Waals surface area contributed by atoms with E-state index in [1.54, 1.807) is 12.1 Å². The first-order valence-corrected chi connectivity index (χ1v) is 6.28. The van der Waals surface area contributed by atoms with Gasteiger partial charge in [-0.1, -0.05) is 29.8 Å². The smallest absolute Gasteiger partial charge is 0.292 e. The lowest BCUT2D eigenvalue weighted by Gasteiger charge is -2.19. The minimum absolute atomic E-state index is 0.0579. The molecular formula is C15H17N3O2. The van der Waals surface area contributed by atoms with Crippen LogP contribution in [0, 0.1) is 17.0 Å². The molecule has 0 fully saturated rings. The molecule has 0 unspecified atom stereocenters. The van der Waals surface area contributed by atoms with Gasteiger partial charge in [0.25, 0.3) is 5.69 Å². The summed E-state index contributed by atoms with van der Waals surface area (Å²) in [4.78, 5) is 12.3. The number of aryl methyl sites for hydroxylation is 1. The Hall–Kier alpha value is -2.56. The van der Waals surface area contributed by atoms with Crippen LogP contribution in [0.2, 0.25) is 0 Å². The molecule has 0 aliphatic heterocycles. The minimum Gasteiger partial charge on any atom is -0.393 e. The third kappa shape index (κ3) is 3.06. The van der Waals surface area contributed by atoms with E-state index >= 15 is 0 Å². The summed E-state index contributed by atoms with van der Waals surface area (Å²) in [7, 11) is 1.93. The van der Waals surface area contributed by atoms with Crippen LogP contribution in [0.3, 0.4) is 0 Å². The van der Waals surface area contributed by atoms with Crippen LogP contribution in [0.15, 0.2) is 42.5 Å². The van der Waals surface area contributed by atoms with Gasteiger partial charge in [-0.25, -0.2) is 0 Å². The maximum atomic E-state index is 10.7. The van der Waals surface area contributed by atoms with Crippen molar-refractivity contribution in [3.63, 3.8) is 0 Å². The zero-order valence-corrected chi connectivity index (χ0v) is 11.5. The zero-order valence-electron chi connectivity index (χ0n) is 11.5. The molecule has 0 heterocycles. The Labute approximate surface area is 117 Å². The lowest BCUT2D eigenvalue weighted by atomic mass is 10.1. The van der Waals surface area contributed by atoms with Crippen molar-refractivity contribution in [1.82, 2.24) is 0 Å². The monoisotopic (exact) mass is 271 g/mol. The molecule has 2 rings (SSSR count). The van der Waals surface area contributed by atoms with Crippen molar-refractivity contribution in [3.8, 4) is 0 Å². The molecule has 5 nitrogen and oxygen atoms in total. The van der Waals surface area contributed by atoms with Crippen LogP contribution in [0.4, 0.5) is 17.1 Å². The highest BCUT2D eigenvalue weighted by molar-refractivity contribution is 5.66. The van der Waals surface area contributed by atoms with E-state index in [1.165, 1.54) is 17.2 Å². The fraction of sp³-hybridized carbons (Fsp3) is 0.200. The van der Waals surface area contributed by atoms with Crippen LogP contribution >= 0.6 is 0 Å². The van der Waals surface area contributed by atoms with Gasteiger partial charge in [0.05, 0.1) is 4.92 Å². The number of benzene rings is 2. The number of nitro benzene ring substituents is 1. The average molecular weight is 271 g/mol. The summed E-state index contributed by atoms with van der Waals surface area (Å²) in [5.41, 5.74) is 9.08. The number of hydrogen-bond acceptors (Lipinski definition) is 4. The van der Waals surface area contributed by atoms with E-state index < -0.39 is 4.92 Å². The lowest BCUT2D eigenvalue weighted by Crippen LogP contribution is -2.16. The van der Waals surface area contributed by atoms with Gasteiger partial charge in [-0.3, -0.25) is 10.1 Å². The van der Waals surface area contributed by atoms with Crippen LogP contribution < -0.4 is 10.6 Å². The molecule has 0 saturated carbocycles. The molecule has 104 valence electrons. The Kier molecular flexibility index (Phi) is 3.89. The number of anilines is 2. The molecule has 0 atom stereocenters. The summed E-state index contributed by atoms with van der Waals surface area (Å²) in [6.07, 6.45) is 0. The molecule has 20 heavy (non-hydrogen) atoms. The maximum absolute atomic E-state index is 10.7. The Bertz CT molecular complexity index is 624. The summed E-state index contributed by atoms with van der Waals surface area (Å²) in [5.74, 6) is 0. The fourth-order valence-corrected chi connectivity index (χ4v) is 2.00. The molecule has 0 aliphatic rings. The highest BCUT2D eigenvalue weighted by atomic mass is 16.6. The van der Waals surface area contributed by atoms with E-state index in [1.807, 2.05) is 18.9 Å². The molecule has 2 N–H and O–H groups in total. The van der Waals surface area contributed by atoms with Crippen LogP contribution in [0.25, 0.3) is 0 Å². The quantitative estimate of drug-likeness (QED) is 0.527. The molecular weight excluding hydrogens is 254 g/mol. The van der Waals surface area contributed by atoms with Crippen molar-refractivity contribution in [3.05, 3.63) is 63.7 Å². The van der Waals surface area contributed by atoms with Gasteiger partial charge in [-0.15, -0.1) is 0 Å². The Morgan fingerprint density at radius 2 is 1.85 bits per heavy atom. The fourth-order valence-electron chi connectivity index (χ4n) is 2.00. The van der Waals surface area contributed by atoms with Crippen molar-refractivity contribution >= 4 is 17.1 Å². The number of hydrogen-bond donors (Lipinski definition) is 1. The summed E-state index contributed by atoms with van der Waals surface area (Å²) < 4.78 is 0. The second kappa shape index (κ2) is 5.61. The molecule has 0 saturated heterocycles. The number of nitro groups is 1.